The second-order valence-corrected chi connectivity index (χ2v) is 9.68. The molecule has 0 saturated heterocycles. The molecule has 5 nitrogen and oxygen atoms in total. The Bertz CT molecular complexity index is 1530. The number of nitrogens with one attached hydrogen (secondary N) is 1. The van der Waals surface area contributed by atoms with Crippen molar-refractivity contribution in [1.29, 1.82) is 0 Å². The van der Waals surface area contributed by atoms with Crippen molar-refractivity contribution in [3.63, 3.8) is 0 Å². The van der Waals surface area contributed by atoms with Gasteiger partial charge in [0.25, 0.3) is 5.56 Å². The number of hydrogen-bond donors (Lipinski definition) is 1. The fourth-order valence-electron chi connectivity index (χ4n) is 3.70. The Hall–Kier alpha value is -3.68. The van der Waals surface area contributed by atoms with Crippen LogP contribution in [0.3, 0.4) is 0 Å². The molecule has 1 N–H and O–H groups in total. The molecular weight excluding hydrogens is 462 g/mol. The normalized spacial score (nSPS) is 11.0. The third-order valence-corrected chi connectivity index (χ3v) is 7.52. The standard InChI is InChI=1S/C27H21N3O2S2/c1-30-26(32)21-16-23(19-12-6-3-7-13-19)34-25(21)29-27(30)33-17-24(31)28-22-15-9-8-14-20(22)18-10-4-2-5-11-18/h2-16H,17H2,1H3,(H,28,31). The van der Waals surface area contributed by atoms with E-state index in [0.717, 1.165) is 27.3 Å². The highest BCUT2D eigenvalue weighted by molar-refractivity contribution is 7.99. The van der Waals surface area contributed by atoms with Gasteiger partial charge in [0.15, 0.2) is 5.16 Å². The van der Waals surface area contributed by atoms with Crippen LogP contribution in [-0.2, 0) is 11.8 Å². The van der Waals surface area contributed by atoms with Gasteiger partial charge >= 0.3 is 0 Å². The molecule has 0 bridgehead atoms. The van der Waals surface area contributed by atoms with E-state index in [4.69, 9.17) is 4.98 Å². The molecule has 0 aliphatic carbocycles. The van der Waals surface area contributed by atoms with Crippen molar-refractivity contribution in [2.75, 3.05) is 11.1 Å². The van der Waals surface area contributed by atoms with Crippen LogP contribution in [0.25, 0.3) is 31.8 Å². The summed E-state index contributed by atoms with van der Waals surface area (Å²) in [7, 11) is 1.69. The highest BCUT2D eigenvalue weighted by Gasteiger charge is 2.15. The summed E-state index contributed by atoms with van der Waals surface area (Å²) in [5.41, 5.74) is 3.69. The first-order valence-electron chi connectivity index (χ1n) is 10.7. The monoisotopic (exact) mass is 483 g/mol. The average Bonchev–Trinajstić information content (AvgIpc) is 3.31. The van der Waals surface area contributed by atoms with Crippen molar-refractivity contribution in [1.82, 2.24) is 9.55 Å². The van der Waals surface area contributed by atoms with Gasteiger partial charge < -0.3 is 5.32 Å². The number of aromatic nitrogens is 2. The Kier molecular flexibility index (Phi) is 6.29. The minimum atomic E-state index is -0.154. The van der Waals surface area contributed by atoms with Crippen LogP contribution in [0.2, 0.25) is 0 Å². The molecule has 0 aliphatic heterocycles. The van der Waals surface area contributed by atoms with Gasteiger partial charge in [-0.3, -0.25) is 14.2 Å². The number of hydrogen-bond acceptors (Lipinski definition) is 5. The van der Waals surface area contributed by atoms with Crippen LogP contribution >= 0.6 is 23.1 Å². The summed E-state index contributed by atoms with van der Waals surface area (Å²) in [5, 5.41) is 4.12. The fourth-order valence-corrected chi connectivity index (χ4v) is 5.55. The summed E-state index contributed by atoms with van der Waals surface area (Å²) in [4.78, 5) is 32.1. The van der Waals surface area contributed by atoms with Gasteiger partial charge in [-0.2, -0.15) is 0 Å². The van der Waals surface area contributed by atoms with Gasteiger partial charge in [-0.15, -0.1) is 11.3 Å². The van der Waals surface area contributed by atoms with E-state index >= 15 is 0 Å². The lowest BCUT2D eigenvalue weighted by Gasteiger charge is -2.11. The van der Waals surface area contributed by atoms with E-state index in [1.54, 1.807) is 7.05 Å². The SMILES string of the molecule is Cn1c(SCC(=O)Nc2ccccc2-c2ccccc2)nc2sc(-c3ccccc3)cc2c1=O. The summed E-state index contributed by atoms with van der Waals surface area (Å²) in [6, 6.07) is 29.5. The Morgan fingerprint density at radius 2 is 1.59 bits per heavy atom. The van der Waals surface area contributed by atoms with Crippen LogP contribution < -0.4 is 10.9 Å². The fraction of sp³-hybridized carbons (Fsp3) is 0.0741. The zero-order chi connectivity index (χ0) is 23.5. The van der Waals surface area contributed by atoms with Crippen LogP contribution in [0.5, 0.6) is 0 Å². The number of carbonyl (C=O) groups excluding carboxylic acids is 1. The number of amides is 1. The number of thioether (sulfide) groups is 1. The molecule has 0 atom stereocenters. The number of rotatable bonds is 6. The zero-order valence-electron chi connectivity index (χ0n) is 18.4. The molecule has 2 heterocycles. The van der Waals surface area contributed by atoms with Crippen LogP contribution in [0.4, 0.5) is 5.69 Å². The van der Waals surface area contributed by atoms with E-state index in [1.807, 2.05) is 91.0 Å². The van der Waals surface area contributed by atoms with E-state index in [9.17, 15) is 9.59 Å². The summed E-state index contributed by atoms with van der Waals surface area (Å²) in [6.45, 7) is 0. The Balaban J connectivity index is 1.35. The molecule has 0 unspecified atom stereocenters. The number of carbonyl (C=O) groups is 1. The predicted molar refractivity (Wildman–Crippen MR) is 142 cm³/mol. The third-order valence-electron chi connectivity index (χ3n) is 5.41. The van der Waals surface area contributed by atoms with E-state index in [2.05, 4.69) is 5.32 Å². The van der Waals surface area contributed by atoms with E-state index in [1.165, 1.54) is 27.7 Å². The van der Waals surface area contributed by atoms with Gasteiger partial charge in [0.1, 0.15) is 4.83 Å². The minimum absolute atomic E-state index is 0.110. The second kappa shape index (κ2) is 9.67. The third kappa shape index (κ3) is 4.53. The predicted octanol–water partition coefficient (Wildman–Crippen LogP) is 6.06. The number of para-hydroxylation sites is 1. The maximum absolute atomic E-state index is 12.9. The molecule has 7 heteroatoms. The summed E-state index contributed by atoms with van der Waals surface area (Å²) in [6.07, 6.45) is 0. The molecule has 2 aromatic heterocycles. The van der Waals surface area contributed by atoms with E-state index in [0.29, 0.717) is 15.4 Å². The minimum Gasteiger partial charge on any atom is -0.325 e. The molecular formula is C27H21N3O2S2. The highest BCUT2D eigenvalue weighted by atomic mass is 32.2. The molecule has 5 aromatic rings. The van der Waals surface area contributed by atoms with Gasteiger partial charge in [0.05, 0.1) is 11.1 Å². The summed E-state index contributed by atoms with van der Waals surface area (Å²) >= 11 is 2.74. The largest absolute Gasteiger partial charge is 0.325 e. The van der Waals surface area contributed by atoms with Crippen molar-refractivity contribution in [3.8, 4) is 21.6 Å². The summed E-state index contributed by atoms with van der Waals surface area (Å²) < 4.78 is 1.51. The van der Waals surface area contributed by atoms with Gasteiger partial charge in [-0.05, 0) is 23.3 Å². The number of fused-ring (bicyclic) bond motifs is 1. The Morgan fingerprint density at radius 3 is 2.32 bits per heavy atom. The first-order valence-corrected chi connectivity index (χ1v) is 12.5. The first kappa shape index (κ1) is 22.1. The lowest BCUT2D eigenvalue weighted by atomic mass is 10.0. The molecule has 0 fully saturated rings. The zero-order valence-corrected chi connectivity index (χ0v) is 20.0. The number of nitrogens with zero attached hydrogens (tertiary/aromatic N) is 2. The van der Waals surface area contributed by atoms with Crippen molar-refractivity contribution in [3.05, 3.63) is 101 Å². The van der Waals surface area contributed by atoms with Crippen molar-refractivity contribution in [2.24, 2.45) is 7.05 Å². The van der Waals surface area contributed by atoms with Crippen LogP contribution in [0.1, 0.15) is 0 Å². The lowest BCUT2D eigenvalue weighted by Crippen LogP contribution is -2.21. The Labute approximate surface area is 205 Å². The maximum Gasteiger partial charge on any atom is 0.262 e. The molecule has 168 valence electrons. The van der Waals surface area contributed by atoms with E-state index in [-0.39, 0.29) is 17.2 Å². The second-order valence-electron chi connectivity index (χ2n) is 7.70. The molecule has 0 saturated carbocycles. The molecule has 1 amide bonds. The topological polar surface area (TPSA) is 64.0 Å². The van der Waals surface area contributed by atoms with E-state index < -0.39 is 0 Å². The van der Waals surface area contributed by atoms with Gasteiger partial charge in [0, 0.05) is 23.2 Å². The van der Waals surface area contributed by atoms with Crippen LogP contribution in [0, 0.1) is 0 Å². The first-order chi connectivity index (χ1) is 16.6. The summed E-state index contributed by atoms with van der Waals surface area (Å²) in [5.74, 6) is -0.00914. The smallest absolute Gasteiger partial charge is 0.262 e. The maximum atomic E-state index is 12.9. The van der Waals surface area contributed by atoms with Gasteiger partial charge in [-0.1, -0.05) is 90.6 Å². The highest BCUT2D eigenvalue weighted by Crippen LogP contribution is 2.32. The Morgan fingerprint density at radius 1 is 0.941 bits per heavy atom. The van der Waals surface area contributed by atoms with Gasteiger partial charge in [-0.25, -0.2) is 4.98 Å². The van der Waals surface area contributed by atoms with Crippen molar-refractivity contribution in [2.45, 2.75) is 5.16 Å². The molecule has 0 radical (unpaired) electrons. The molecule has 34 heavy (non-hydrogen) atoms. The van der Waals surface area contributed by atoms with Crippen LogP contribution in [-0.4, -0.2) is 21.2 Å². The average molecular weight is 484 g/mol. The lowest BCUT2D eigenvalue weighted by molar-refractivity contribution is -0.113. The number of anilines is 1. The molecule has 0 aliphatic rings. The number of benzene rings is 3. The van der Waals surface area contributed by atoms with Crippen molar-refractivity contribution >= 4 is 44.9 Å². The van der Waals surface area contributed by atoms with Gasteiger partial charge in [0.2, 0.25) is 5.91 Å². The van der Waals surface area contributed by atoms with Crippen molar-refractivity contribution < 1.29 is 4.79 Å². The number of thiophene rings is 1. The molecule has 5 rings (SSSR count). The quantitative estimate of drug-likeness (QED) is 0.236. The molecule has 0 spiro atoms. The molecule has 3 aromatic carbocycles. The van der Waals surface area contributed by atoms with Crippen LogP contribution in [0.15, 0.2) is 101 Å².